The fraction of sp³-hybridized carbons (Fsp3) is 0.611. The normalized spacial score (nSPS) is 22.7. The Labute approximate surface area is 173 Å². The van der Waals surface area contributed by atoms with E-state index in [1.807, 2.05) is 0 Å². The molecule has 0 spiro atoms. The number of piperazine rings is 1. The van der Waals surface area contributed by atoms with Crippen molar-refractivity contribution in [2.45, 2.75) is 17.7 Å². The molecule has 1 aromatic rings. The largest absolute Gasteiger partial charge is 0.340 e. The van der Waals surface area contributed by atoms with Crippen molar-refractivity contribution in [3.05, 3.63) is 30.3 Å². The minimum atomic E-state index is -3.57. The summed E-state index contributed by atoms with van der Waals surface area (Å²) in [4.78, 5) is 14.9. The third-order valence-corrected chi connectivity index (χ3v) is 9.27. The van der Waals surface area contributed by atoms with E-state index < -0.39 is 26.2 Å². The minimum Gasteiger partial charge on any atom is -0.340 e. The lowest BCUT2D eigenvalue weighted by molar-refractivity contribution is -0.137. The zero-order chi connectivity index (χ0) is 21.2. The Bertz CT molecular complexity index is 926. The third kappa shape index (κ3) is 4.64. The van der Waals surface area contributed by atoms with Crippen LogP contribution in [0.4, 0.5) is 0 Å². The van der Waals surface area contributed by atoms with Crippen molar-refractivity contribution in [1.29, 1.82) is 0 Å². The quantitative estimate of drug-likeness (QED) is 0.639. The molecule has 2 fully saturated rings. The van der Waals surface area contributed by atoms with E-state index in [4.69, 9.17) is 0 Å². The highest BCUT2D eigenvalue weighted by molar-refractivity contribution is 7.89. The molecule has 2 aliphatic heterocycles. The highest BCUT2D eigenvalue weighted by atomic mass is 32.2. The van der Waals surface area contributed by atoms with Crippen molar-refractivity contribution in [2.24, 2.45) is 5.92 Å². The average Bonchev–Trinajstić information content (AvgIpc) is 2.74. The summed E-state index contributed by atoms with van der Waals surface area (Å²) in [6.07, 6.45) is 1.27. The van der Waals surface area contributed by atoms with E-state index in [0.717, 1.165) is 4.31 Å². The summed E-state index contributed by atoms with van der Waals surface area (Å²) in [6, 6.07) is 8.26. The highest BCUT2D eigenvalue weighted by Gasteiger charge is 2.37. The van der Waals surface area contributed by atoms with Crippen LogP contribution in [0.15, 0.2) is 35.2 Å². The monoisotopic (exact) mass is 444 g/mol. The van der Waals surface area contributed by atoms with E-state index in [0.29, 0.717) is 32.5 Å². The number of hydrogen-bond donors (Lipinski definition) is 0. The van der Waals surface area contributed by atoms with Crippen LogP contribution < -0.4 is 0 Å². The summed E-state index contributed by atoms with van der Waals surface area (Å²) in [6.45, 7) is 1.66. The van der Waals surface area contributed by atoms with Crippen molar-refractivity contribution in [2.75, 3.05) is 53.4 Å². The van der Waals surface area contributed by atoms with Crippen LogP contribution in [-0.4, -0.2) is 93.9 Å². The van der Waals surface area contributed by atoms with Gasteiger partial charge in [-0.05, 0) is 25.0 Å². The van der Waals surface area contributed by atoms with Gasteiger partial charge in [0.05, 0.1) is 10.8 Å². The smallest absolute Gasteiger partial charge is 0.281 e. The molecule has 1 unspecified atom stereocenters. The van der Waals surface area contributed by atoms with E-state index in [2.05, 4.69) is 0 Å². The number of sulfonamides is 1. The molecule has 0 bridgehead atoms. The Hall–Kier alpha value is -1.53. The number of hydrogen-bond acceptors (Lipinski definition) is 5. The zero-order valence-corrected chi connectivity index (χ0v) is 18.4. The molecule has 162 valence electrons. The van der Waals surface area contributed by atoms with Gasteiger partial charge in [-0.25, -0.2) is 8.42 Å². The summed E-state index contributed by atoms with van der Waals surface area (Å²) >= 11 is 0. The first-order valence-electron chi connectivity index (χ1n) is 9.65. The Balaban J connectivity index is 1.62. The molecule has 1 aromatic carbocycles. The van der Waals surface area contributed by atoms with Crippen LogP contribution in [-0.2, 0) is 25.0 Å². The fourth-order valence-electron chi connectivity index (χ4n) is 3.73. The molecule has 3 rings (SSSR count). The number of piperidine rings is 1. The second-order valence-electron chi connectivity index (χ2n) is 7.53. The summed E-state index contributed by atoms with van der Waals surface area (Å²) in [7, 11) is -4.16. The maximum Gasteiger partial charge on any atom is 0.281 e. The van der Waals surface area contributed by atoms with Crippen LogP contribution in [0.2, 0.25) is 0 Å². The molecule has 0 saturated carbocycles. The summed E-state index contributed by atoms with van der Waals surface area (Å²) < 4.78 is 54.1. The van der Waals surface area contributed by atoms with Crippen LogP contribution in [0, 0.1) is 5.92 Å². The van der Waals surface area contributed by atoms with Crippen molar-refractivity contribution in [3.8, 4) is 0 Å². The van der Waals surface area contributed by atoms with E-state index in [1.54, 1.807) is 35.2 Å². The Morgan fingerprint density at radius 1 is 0.931 bits per heavy atom. The number of carbonyl (C=O) groups excluding carboxylic acids is 1. The minimum absolute atomic E-state index is 0.0968. The molecule has 0 N–H and O–H groups in total. The molecular formula is C18H28N4O5S2. The van der Waals surface area contributed by atoms with Crippen LogP contribution in [0.25, 0.3) is 0 Å². The molecule has 1 amide bonds. The third-order valence-electron chi connectivity index (χ3n) is 5.45. The van der Waals surface area contributed by atoms with Gasteiger partial charge < -0.3 is 4.90 Å². The number of nitrogens with zero attached hydrogens (tertiary/aromatic N) is 4. The first-order valence-corrected chi connectivity index (χ1v) is 12.5. The summed E-state index contributed by atoms with van der Waals surface area (Å²) in [5.41, 5.74) is 0. The molecular weight excluding hydrogens is 416 g/mol. The first-order chi connectivity index (χ1) is 13.6. The predicted octanol–water partition coefficient (Wildman–Crippen LogP) is 0.0379. The van der Waals surface area contributed by atoms with Gasteiger partial charge in [0.1, 0.15) is 0 Å². The van der Waals surface area contributed by atoms with Gasteiger partial charge in [0.15, 0.2) is 0 Å². The van der Waals surface area contributed by atoms with Crippen LogP contribution in [0.1, 0.15) is 12.8 Å². The number of amides is 1. The topological polar surface area (TPSA) is 98.3 Å². The number of benzene rings is 1. The maximum absolute atomic E-state index is 12.9. The lowest BCUT2D eigenvalue weighted by atomic mass is 9.98. The van der Waals surface area contributed by atoms with E-state index in [9.17, 15) is 21.6 Å². The fourth-order valence-corrected chi connectivity index (χ4v) is 6.37. The van der Waals surface area contributed by atoms with Gasteiger partial charge in [0, 0.05) is 53.4 Å². The predicted molar refractivity (Wildman–Crippen MR) is 109 cm³/mol. The molecule has 29 heavy (non-hydrogen) atoms. The average molecular weight is 445 g/mol. The van der Waals surface area contributed by atoms with Gasteiger partial charge in [-0.1, -0.05) is 18.2 Å². The maximum atomic E-state index is 12.9. The van der Waals surface area contributed by atoms with E-state index in [1.165, 1.54) is 22.7 Å². The molecule has 2 aliphatic rings. The molecule has 2 saturated heterocycles. The Morgan fingerprint density at radius 3 is 2.14 bits per heavy atom. The lowest BCUT2D eigenvalue weighted by Gasteiger charge is -2.38. The van der Waals surface area contributed by atoms with Crippen molar-refractivity contribution in [1.82, 2.24) is 17.8 Å². The number of rotatable bonds is 5. The zero-order valence-electron chi connectivity index (χ0n) is 16.8. The lowest BCUT2D eigenvalue weighted by Crippen LogP contribution is -2.54. The SMILES string of the molecule is CN(C)S(=O)(=O)N1CCCC(C(=O)N2CCN(S(=O)(=O)c3ccccc3)CC2)C1. The molecule has 11 heteroatoms. The molecule has 1 atom stereocenters. The summed E-state index contributed by atoms with van der Waals surface area (Å²) in [5.74, 6) is -0.490. The van der Waals surface area contributed by atoms with Crippen LogP contribution in [0.3, 0.4) is 0 Å². The summed E-state index contributed by atoms with van der Waals surface area (Å²) in [5, 5.41) is 0. The Morgan fingerprint density at radius 2 is 1.55 bits per heavy atom. The number of carbonyl (C=O) groups is 1. The molecule has 0 aromatic heterocycles. The van der Waals surface area contributed by atoms with Gasteiger partial charge >= 0.3 is 0 Å². The molecule has 0 aliphatic carbocycles. The van der Waals surface area contributed by atoms with Crippen LogP contribution in [0.5, 0.6) is 0 Å². The molecule has 2 heterocycles. The van der Waals surface area contributed by atoms with Crippen molar-refractivity contribution >= 4 is 26.1 Å². The standard InChI is InChI=1S/C18H28N4O5S2/c1-19(2)29(26,27)22-10-6-7-16(15-22)18(23)20-11-13-21(14-12-20)28(24,25)17-8-4-3-5-9-17/h3-5,8-9,16H,6-7,10-15H2,1-2H3. The van der Waals surface area contributed by atoms with Crippen LogP contribution >= 0.6 is 0 Å². The Kier molecular flexibility index (Phi) is 6.64. The second-order valence-corrected chi connectivity index (χ2v) is 11.6. The van der Waals surface area contributed by atoms with Crippen molar-refractivity contribution in [3.63, 3.8) is 0 Å². The van der Waals surface area contributed by atoms with Gasteiger partial charge in [0.25, 0.3) is 10.2 Å². The van der Waals surface area contributed by atoms with Crippen molar-refractivity contribution < 1.29 is 21.6 Å². The van der Waals surface area contributed by atoms with Gasteiger partial charge in [-0.15, -0.1) is 0 Å². The molecule has 0 radical (unpaired) electrons. The van der Waals surface area contributed by atoms with E-state index >= 15 is 0 Å². The van der Waals surface area contributed by atoms with Gasteiger partial charge in [-0.2, -0.15) is 21.3 Å². The second kappa shape index (κ2) is 8.68. The molecule has 9 nitrogen and oxygen atoms in total. The first kappa shape index (κ1) is 22.2. The highest BCUT2D eigenvalue weighted by Crippen LogP contribution is 2.24. The van der Waals surface area contributed by atoms with Gasteiger partial charge in [0.2, 0.25) is 15.9 Å². The van der Waals surface area contributed by atoms with Gasteiger partial charge in [-0.3, -0.25) is 4.79 Å². The van der Waals surface area contributed by atoms with E-state index in [-0.39, 0.29) is 30.4 Å².